The van der Waals surface area contributed by atoms with Gasteiger partial charge >= 0.3 is 12.0 Å². The Labute approximate surface area is 119 Å². The van der Waals surface area contributed by atoms with Crippen molar-refractivity contribution in [3.8, 4) is 0 Å². The molecule has 1 saturated heterocycles. The van der Waals surface area contributed by atoms with Gasteiger partial charge in [0.1, 0.15) is 13.1 Å². The number of carboxylic acids is 1. The molecule has 0 bridgehead atoms. The predicted octanol–water partition coefficient (Wildman–Crippen LogP) is -0.447. The molecule has 0 aromatic heterocycles. The minimum absolute atomic E-state index is 0.156. The summed E-state index contributed by atoms with van der Waals surface area (Å²) < 4.78 is 0. The predicted molar refractivity (Wildman–Crippen MR) is 70.4 cm³/mol. The number of nitrogens with one attached hydrogen (secondary N) is 2. The summed E-state index contributed by atoms with van der Waals surface area (Å²) in [6, 6.07) is 5.50. The van der Waals surface area contributed by atoms with Crippen LogP contribution < -0.4 is 10.6 Å². The minimum Gasteiger partial charge on any atom is -0.478 e. The normalized spacial score (nSPS) is 14.6. The largest absolute Gasteiger partial charge is 0.478 e. The summed E-state index contributed by atoms with van der Waals surface area (Å²) in [6.07, 6.45) is 0. The fraction of sp³-hybridized carbons (Fsp3) is 0.231. The lowest BCUT2D eigenvalue weighted by Crippen LogP contribution is -2.55. The van der Waals surface area contributed by atoms with Crippen molar-refractivity contribution in [2.75, 3.05) is 13.1 Å². The zero-order valence-corrected chi connectivity index (χ0v) is 11.0. The van der Waals surface area contributed by atoms with Crippen molar-refractivity contribution in [3.63, 3.8) is 0 Å². The highest BCUT2D eigenvalue weighted by Crippen LogP contribution is 2.05. The van der Waals surface area contributed by atoms with E-state index < -0.39 is 23.8 Å². The smallest absolute Gasteiger partial charge is 0.335 e. The van der Waals surface area contributed by atoms with E-state index in [-0.39, 0.29) is 25.2 Å². The van der Waals surface area contributed by atoms with Crippen molar-refractivity contribution >= 4 is 23.8 Å². The molecule has 0 saturated carbocycles. The number of carbonyl (C=O) groups is 4. The lowest BCUT2D eigenvalue weighted by atomic mass is 10.1. The van der Waals surface area contributed by atoms with E-state index in [0.717, 1.165) is 4.90 Å². The molecule has 0 aliphatic carbocycles. The third-order valence-corrected chi connectivity index (χ3v) is 2.88. The number of urea groups is 1. The van der Waals surface area contributed by atoms with Crippen LogP contribution in [0.5, 0.6) is 0 Å². The van der Waals surface area contributed by atoms with Crippen LogP contribution in [-0.4, -0.2) is 46.9 Å². The SMILES string of the molecule is O=C1CN(C(=O)NCc2ccc(C(=O)O)cc2)CC(=O)N1. The van der Waals surface area contributed by atoms with Crippen LogP contribution in [0.2, 0.25) is 0 Å². The Bertz CT molecular complexity index is 580. The molecule has 1 aromatic carbocycles. The molecule has 1 aliphatic heterocycles. The van der Waals surface area contributed by atoms with Crippen LogP contribution in [0.1, 0.15) is 15.9 Å². The van der Waals surface area contributed by atoms with Crippen LogP contribution in [0.25, 0.3) is 0 Å². The number of hydrogen-bond donors (Lipinski definition) is 3. The molecule has 3 N–H and O–H groups in total. The van der Waals surface area contributed by atoms with Crippen molar-refractivity contribution in [2.24, 2.45) is 0 Å². The number of amides is 4. The van der Waals surface area contributed by atoms with E-state index in [1.807, 2.05) is 0 Å². The summed E-state index contributed by atoms with van der Waals surface area (Å²) in [5.74, 6) is -2.07. The molecule has 1 heterocycles. The molecule has 4 amide bonds. The lowest BCUT2D eigenvalue weighted by molar-refractivity contribution is -0.134. The summed E-state index contributed by atoms with van der Waals surface area (Å²) in [6.45, 7) is -0.171. The highest BCUT2D eigenvalue weighted by molar-refractivity contribution is 6.02. The number of piperazine rings is 1. The molecule has 0 unspecified atom stereocenters. The second-order valence-electron chi connectivity index (χ2n) is 4.49. The third kappa shape index (κ3) is 3.78. The molecule has 1 aliphatic rings. The highest BCUT2D eigenvalue weighted by atomic mass is 16.4. The van der Waals surface area contributed by atoms with Gasteiger partial charge in [-0.25, -0.2) is 9.59 Å². The number of imide groups is 1. The van der Waals surface area contributed by atoms with Gasteiger partial charge < -0.3 is 15.3 Å². The molecule has 0 radical (unpaired) electrons. The Morgan fingerprint density at radius 2 is 1.71 bits per heavy atom. The van der Waals surface area contributed by atoms with Crippen molar-refractivity contribution < 1.29 is 24.3 Å². The van der Waals surface area contributed by atoms with Crippen LogP contribution in [0.15, 0.2) is 24.3 Å². The quantitative estimate of drug-likeness (QED) is 0.652. The van der Waals surface area contributed by atoms with E-state index >= 15 is 0 Å². The average molecular weight is 291 g/mol. The lowest BCUT2D eigenvalue weighted by Gasteiger charge is -2.25. The van der Waals surface area contributed by atoms with E-state index in [1.54, 1.807) is 12.1 Å². The zero-order valence-electron chi connectivity index (χ0n) is 11.0. The standard InChI is InChI=1S/C13H13N3O5/c17-10-6-16(7-11(18)15-10)13(21)14-5-8-1-3-9(4-2-8)12(19)20/h1-4H,5-7H2,(H,14,21)(H,19,20)(H,15,17,18). The first-order chi connectivity index (χ1) is 9.95. The molecule has 0 spiro atoms. The number of nitrogens with zero attached hydrogens (tertiary/aromatic N) is 1. The Morgan fingerprint density at radius 3 is 2.24 bits per heavy atom. The summed E-state index contributed by atoms with van der Waals surface area (Å²) in [5.41, 5.74) is 0.865. The Hall–Kier alpha value is -2.90. The molecule has 21 heavy (non-hydrogen) atoms. The van der Waals surface area contributed by atoms with Gasteiger partial charge in [-0.05, 0) is 17.7 Å². The van der Waals surface area contributed by atoms with Gasteiger partial charge in [-0.2, -0.15) is 0 Å². The molecule has 8 heteroatoms. The topological polar surface area (TPSA) is 116 Å². The third-order valence-electron chi connectivity index (χ3n) is 2.88. The minimum atomic E-state index is -1.02. The van der Waals surface area contributed by atoms with Crippen molar-refractivity contribution in [1.82, 2.24) is 15.5 Å². The average Bonchev–Trinajstić information content (AvgIpc) is 2.44. The maximum atomic E-state index is 11.8. The van der Waals surface area contributed by atoms with Gasteiger partial charge in [0.05, 0.1) is 5.56 Å². The molecular formula is C13H13N3O5. The number of aromatic carboxylic acids is 1. The molecule has 1 fully saturated rings. The molecule has 110 valence electrons. The van der Waals surface area contributed by atoms with Crippen molar-refractivity contribution in [1.29, 1.82) is 0 Å². The van der Waals surface area contributed by atoms with Gasteiger partial charge in [0.2, 0.25) is 11.8 Å². The van der Waals surface area contributed by atoms with E-state index in [1.165, 1.54) is 12.1 Å². The monoisotopic (exact) mass is 291 g/mol. The first kappa shape index (κ1) is 14.5. The Balaban J connectivity index is 1.90. The second kappa shape index (κ2) is 6.04. The zero-order chi connectivity index (χ0) is 15.4. The van der Waals surface area contributed by atoms with Crippen molar-refractivity contribution in [2.45, 2.75) is 6.54 Å². The fourth-order valence-corrected chi connectivity index (χ4v) is 1.84. The highest BCUT2D eigenvalue weighted by Gasteiger charge is 2.25. The van der Waals surface area contributed by atoms with Gasteiger partial charge in [0.25, 0.3) is 0 Å². The van der Waals surface area contributed by atoms with E-state index in [4.69, 9.17) is 5.11 Å². The summed E-state index contributed by atoms with van der Waals surface area (Å²) in [7, 11) is 0. The van der Waals surface area contributed by atoms with Gasteiger partial charge in [-0.15, -0.1) is 0 Å². The van der Waals surface area contributed by atoms with E-state index in [2.05, 4.69) is 10.6 Å². The van der Waals surface area contributed by atoms with E-state index in [9.17, 15) is 19.2 Å². The van der Waals surface area contributed by atoms with Gasteiger partial charge in [0, 0.05) is 6.54 Å². The fourth-order valence-electron chi connectivity index (χ4n) is 1.84. The van der Waals surface area contributed by atoms with Crippen LogP contribution in [-0.2, 0) is 16.1 Å². The van der Waals surface area contributed by atoms with Crippen LogP contribution in [0.4, 0.5) is 4.79 Å². The summed E-state index contributed by atoms with van der Waals surface area (Å²) in [4.78, 5) is 45.9. The number of carbonyl (C=O) groups excluding carboxylic acids is 3. The summed E-state index contributed by atoms with van der Waals surface area (Å²) >= 11 is 0. The van der Waals surface area contributed by atoms with Crippen molar-refractivity contribution in [3.05, 3.63) is 35.4 Å². The van der Waals surface area contributed by atoms with Crippen LogP contribution in [0, 0.1) is 0 Å². The molecule has 1 aromatic rings. The van der Waals surface area contributed by atoms with Crippen LogP contribution in [0.3, 0.4) is 0 Å². The Kier molecular flexibility index (Phi) is 4.17. The number of carboxylic acid groups (broad SMARTS) is 1. The van der Waals surface area contributed by atoms with Crippen LogP contribution >= 0.6 is 0 Å². The van der Waals surface area contributed by atoms with Gasteiger partial charge in [-0.3, -0.25) is 14.9 Å². The first-order valence-corrected chi connectivity index (χ1v) is 6.13. The first-order valence-electron chi connectivity index (χ1n) is 6.13. The number of hydrogen-bond acceptors (Lipinski definition) is 4. The summed E-state index contributed by atoms with van der Waals surface area (Å²) in [5, 5.41) is 13.4. The maximum absolute atomic E-state index is 11.8. The molecule has 2 rings (SSSR count). The van der Waals surface area contributed by atoms with Gasteiger partial charge in [-0.1, -0.05) is 12.1 Å². The van der Waals surface area contributed by atoms with E-state index in [0.29, 0.717) is 5.56 Å². The Morgan fingerprint density at radius 1 is 1.14 bits per heavy atom. The number of benzene rings is 1. The van der Waals surface area contributed by atoms with Gasteiger partial charge in [0.15, 0.2) is 0 Å². The molecule has 8 nitrogen and oxygen atoms in total. The number of rotatable bonds is 3. The second-order valence-corrected chi connectivity index (χ2v) is 4.49. The molecular weight excluding hydrogens is 278 g/mol. The maximum Gasteiger partial charge on any atom is 0.335 e. The molecule has 0 atom stereocenters.